The van der Waals surface area contributed by atoms with Crippen LogP contribution in [0, 0.1) is 0 Å². The van der Waals surface area contributed by atoms with Crippen LogP contribution in [0.1, 0.15) is 24.6 Å². The number of hydrogen-bond donors (Lipinski definition) is 0. The van der Waals surface area contributed by atoms with E-state index in [0.29, 0.717) is 13.1 Å². The third kappa shape index (κ3) is 3.35. The molecule has 0 amide bonds. The lowest BCUT2D eigenvalue weighted by Crippen LogP contribution is -2.38. The summed E-state index contributed by atoms with van der Waals surface area (Å²) < 4.78 is 28.0. The molecule has 1 aliphatic rings. The molecule has 1 aliphatic heterocycles. The molecule has 1 fully saturated rings. The summed E-state index contributed by atoms with van der Waals surface area (Å²) in [5.74, 6) is 0.747. The Balaban J connectivity index is 1.69. The molecular formula is C15H16BrN5O2S2. The summed E-state index contributed by atoms with van der Waals surface area (Å²) in [5, 5.41) is 14.0. The molecule has 7 nitrogen and oxygen atoms in total. The zero-order valence-corrected chi connectivity index (χ0v) is 16.7. The normalized spacial score (nSPS) is 19.5. The average molecular weight is 442 g/mol. The van der Waals surface area contributed by atoms with Gasteiger partial charge in [-0.1, -0.05) is 39.4 Å². The number of sulfonamides is 1. The van der Waals surface area contributed by atoms with Gasteiger partial charge in [-0.05, 0) is 25.0 Å². The van der Waals surface area contributed by atoms with Crippen LogP contribution in [0.15, 0.2) is 28.7 Å². The van der Waals surface area contributed by atoms with E-state index in [1.54, 1.807) is 4.52 Å². The first-order valence-corrected chi connectivity index (χ1v) is 11.3. The Morgan fingerprint density at radius 3 is 2.92 bits per heavy atom. The molecule has 0 saturated carbocycles. The standard InChI is InChI=1S/C15H16BrN5O2S2/c1-25(22,23)20-7-3-5-11(9-20)13-17-18-15-21(13)19-14(24-15)10-4-2-6-12(16)8-10/h2,4,6,8,11H,3,5,7,9H2,1H3. The van der Waals surface area contributed by atoms with Gasteiger partial charge in [-0.15, -0.1) is 10.2 Å². The van der Waals surface area contributed by atoms with Crippen molar-refractivity contribution in [2.45, 2.75) is 18.8 Å². The quantitative estimate of drug-likeness (QED) is 0.623. The minimum Gasteiger partial charge on any atom is -0.213 e. The molecule has 1 unspecified atom stereocenters. The molecule has 1 saturated heterocycles. The van der Waals surface area contributed by atoms with E-state index in [0.717, 1.165) is 38.7 Å². The van der Waals surface area contributed by atoms with Gasteiger partial charge < -0.3 is 0 Å². The summed E-state index contributed by atoms with van der Waals surface area (Å²) >= 11 is 4.95. The number of nitrogens with zero attached hydrogens (tertiary/aromatic N) is 5. The fourth-order valence-corrected chi connectivity index (χ4v) is 5.23. The van der Waals surface area contributed by atoms with Crippen LogP contribution in [0.4, 0.5) is 0 Å². The van der Waals surface area contributed by atoms with Crippen molar-refractivity contribution in [3.63, 3.8) is 0 Å². The Morgan fingerprint density at radius 2 is 2.16 bits per heavy atom. The van der Waals surface area contributed by atoms with Gasteiger partial charge >= 0.3 is 0 Å². The molecule has 0 N–H and O–H groups in total. The first-order valence-electron chi connectivity index (χ1n) is 7.85. The zero-order chi connectivity index (χ0) is 17.6. The molecule has 132 valence electrons. The Morgan fingerprint density at radius 1 is 1.32 bits per heavy atom. The first-order chi connectivity index (χ1) is 11.9. The molecule has 2 aromatic heterocycles. The Hall–Kier alpha value is -1.36. The molecule has 3 heterocycles. The van der Waals surface area contributed by atoms with Gasteiger partial charge in [0, 0.05) is 29.0 Å². The van der Waals surface area contributed by atoms with Crippen molar-refractivity contribution in [1.82, 2.24) is 24.1 Å². The van der Waals surface area contributed by atoms with Crippen molar-refractivity contribution < 1.29 is 8.42 Å². The van der Waals surface area contributed by atoms with Crippen molar-refractivity contribution in [2.24, 2.45) is 0 Å². The highest BCUT2D eigenvalue weighted by atomic mass is 79.9. The van der Waals surface area contributed by atoms with Gasteiger partial charge in [-0.3, -0.25) is 0 Å². The smallest absolute Gasteiger partial charge is 0.213 e. The topological polar surface area (TPSA) is 80.5 Å². The van der Waals surface area contributed by atoms with Crippen LogP contribution in [0.25, 0.3) is 15.5 Å². The van der Waals surface area contributed by atoms with Crippen LogP contribution in [-0.4, -0.2) is 51.9 Å². The maximum Gasteiger partial charge on any atom is 0.234 e. The monoisotopic (exact) mass is 441 g/mol. The van der Waals surface area contributed by atoms with Crippen LogP contribution in [0.3, 0.4) is 0 Å². The zero-order valence-electron chi connectivity index (χ0n) is 13.5. The molecule has 0 aliphatic carbocycles. The molecule has 4 rings (SSSR count). The van der Waals surface area contributed by atoms with E-state index in [1.165, 1.54) is 21.9 Å². The van der Waals surface area contributed by atoms with E-state index in [-0.39, 0.29) is 5.92 Å². The molecule has 0 spiro atoms. The third-order valence-corrected chi connectivity index (χ3v) is 7.02. The molecule has 1 aromatic carbocycles. The van der Waals surface area contributed by atoms with Crippen LogP contribution < -0.4 is 0 Å². The van der Waals surface area contributed by atoms with E-state index < -0.39 is 10.0 Å². The molecule has 1 atom stereocenters. The van der Waals surface area contributed by atoms with Crippen LogP contribution in [0.5, 0.6) is 0 Å². The van der Waals surface area contributed by atoms with Gasteiger partial charge in [0.1, 0.15) is 5.01 Å². The molecule has 0 radical (unpaired) electrons. The summed E-state index contributed by atoms with van der Waals surface area (Å²) in [6.45, 7) is 1.00. The number of benzene rings is 1. The number of rotatable bonds is 3. The van der Waals surface area contributed by atoms with Crippen molar-refractivity contribution in [1.29, 1.82) is 0 Å². The van der Waals surface area contributed by atoms with Crippen molar-refractivity contribution in [3.8, 4) is 10.6 Å². The Kier molecular flexibility index (Phi) is 4.38. The number of piperidine rings is 1. The van der Waals surface area contributed by atoms with E-state index in [9.17, 15) is 8.42 Å². The molecule has 25 heavy (non-hydrogen) atoms. The fourth-order valence-electron chi connectivity index (χ4n) is 3.08. The van der Waals surface area contributed by atoms with Crippen molar-refractivity contribution in [2.75, 3.05) is 19.3 Å². The summed E-state index contributed by atoms with van der Waals surface area (Å²) in [6.07, 6.45) is 2.95. The van der Waals surface area contributed by atoms with Gasteiger partial charge in [0.2, 0.25) is 15.0 Å². The molecule has 10 heteroatoms. The fraction of sp³-hybridized carbons (Fsp3) is 0.400. The third-order valence-electron chi connectivity index (χ3n) is 4.30. The predicted molar refractivity (Wildman–Crippen MR) is 100 cm³/mol. The lowest BCUT2D eigenvalue weighted by Gasteiger charge is -2.29. The van der Waals surface area contributed by atoms with Crippen molar-refractivity contribution >= 4 is 42.3 Å². The summed E-state index contributed by atoms with van der Waals surface area (Å²) in [6, 6.07) is 7.95. The number of aromatic nitrogens is 4. The van der Waals surface area contributed by atoms with E-state index in [1.807, 2.05) is 24.3 Å². The second-order valence-corrected chi connectivity index (χ2v) is 9.98. The van der Waals surface area contributed by atoms with E-state index in [4.69, 9.17) is 0 Å². The van der Waals surface area contributed by atoms with E-state index >= 15 is 0 Å². The van der Waals surface area contributed by atoms with E-state index in [2.05, 4.69) is 31.2 Å². The molecule has 3 aromatic rings. The second-order valence-electron chi connectivity index (χ2n) is 6.13. The highest BCUT2D eigenvalue weighted by molar-refractivity contribution is 9.10. The molecule has 0 bridgehead atoms. The largest absolute Gasteiger partial charge is 0.234 e. The summed E-state index contributed by atoms with van der Waals surface area (Å²) in [5.41, 5.74) is 1.01. The first kappa shape index (κ1) is 17.1. The van der Waals surface area contributed by atoms with Crippen molar-refractivity contribution in [3.05, 3.63) is 34.6 Å². The lowest BCUT2D eigenvalue weighted by molar-refractivity contribution is 0.309. The maximum atomic E-state index is 11.9. The van der Waals surface area contributed by atoms with Gasteiger partial charge in [-0.25, -0.2) is 12.7 Å². The van der Waals surface area contributed by atoms with Crippen LogP contribution in [0.2, 0.25) is 0 Å². The average Bonchev–Trinajstić information content (AvgIpc) is 3.14. The van der Waals surface area contributed by atoms with Gasteiger partial charge in [0.15, 0.2) is 5.82 Å². The Labute approximate surface area is 157 Å². The SMILES string of the molecule is CS(=O)(=O)N1CCCC(c2nnc3sc(-c4cccc(Br)c4)nn23)C1. The van der Waals surface area contributed by atoms with Crippen LogP contribution in [-0.2, 0) is 10.0 Å². The second kappa shape index (κ2) is 6.42. The maximum absolute atomic E-state index is 11.9. The highest BCUT2D eigenvalue weighted by Gasteiger charge is 2.30. The lowest BCUT2D eigenvalue weighted by atomic mass is 9.99. The Bertz CT molecular complexity index is 1030. The highest BCUT2D eigenvalue weighted by Crippen LogP contribution is 2.31. The van der Waals surface area contributed by atoms with Gasteiger partial charge in [0.25, 0.3) is 0 Å². The molecular weight excluding hydrogens is 426 g/mol. The number of fused-ring (bicyclic) bond motifs is 1. The number of halogens is 1. The summed E-state index contributed by atoms with van der Waals surface area (Å²) in [4.78, 5) is 0.724. The summed E-state index contributed by atoms with van der Waals surface area (Å²) in [7, 11) is -3.19. The minimum atomic E-state index is -3.19. The number of hydrogen-bond acceptors (Lipinski definition) is 6. The minimum absolute atomic E-state index is 0.0101. The van der Waals surface area contributed by atoms with Crippen LogP contribution >= 0.6 is 27.3 Å². The van der Waals surface area contributed by atoms with Gasteiger partial charge in [-0.2, -0.15) is 9.61 Å². The predicted octanol–water partition coefficient (Wildman–Crippen LogP) is 2.75. The van der Waals surface area contributed by atoms with Gasteiger partial charge in [0.05, 0.1) is 6.26 Å².